The number of rotatable bonds is 6. The van der Waals surface area contributed by atoms with Crippen molar-refractivity contribution in [3.63, 3.8) is 0 Å². The lowest BCUT2D eigenvalue weighted by molar-refractivity contribution is 0.368. The SMILES string of the molecule is COc1ccc(-c2cc(OS(=O)(=O)O)c(-c3ccc(O)cc3)c(OC)c2O)cc1. The van der Waals surface area contributed by atoms with Gasteiger partial charge in [-0.1, -0.05) is 24.3 Å². The first-order chi connectivity index (χ1) is 13.7. The third-order valence-corrected chi connectivity index (χ3v) is 4.57. The van der Waals surface area contributed by atoms with Crippen LogP contribution >= 0.6 is 0 Å². The van der Waals surface area contributed by atoms with E-state index in [9.17, 15) is 23.2 Å². The molecule has 0 aliphatic heterocycles. The summed E-state index contributed by atoms with van der Waals surface area (Å²) >= 11 is 0. The van der Waals surface area contributed by atoms with Crippen molar-refractivity contribution in [1.29, 1.82) is 0 Å². The highest BCUT2D eigenvalue weighted by atomic mass is 32.3. The molecule has 3 rings (SSSR count). The molecular formula is C20H18O8S. The Labute approximate surface area is 167 Å². The highest BCUT2D eigenvalue weighted by Crippen LogP contribution is 2.50. The lowest BCUT2D eigenvalue weighted by Crippen LogP contribution is -2.08. The molecule has 0 saturated carbocycles. The quantitative estimate of drug-likeness (QED) is 0.519. The number of ether oxygens (including phenoxy) is 2. The molecule has 0 aromatic heterocycles. The van der Waals surface area contributed by atoms with Gasteiger partial charge >= 0.3 is 10.4 Å². The Balaban J connectivity index is 2.29. The van der Waals surface area contributed by atoms with Crippen LogP contribution in [-0.2, 0) is 10.4 Å². The van der Waals surface area contributed by atoms with Crippen LogP contribution < -0.4 is 13.7 Å². The van der Waals surface area contributed by atoms with Crippen LogP contribution in [0.15, 0.2) is 54.6 Å². The second-order valence-corrected chi connectivity index (χ2v) is 6.99. The molecule has 0 saturated heterocycles. The molecule has 0 spiro atoms. The zero-order valence-corrected chi connectivity index (χ0v) is 16.3. The summed E-state index contributed by atoms with van der Waals surface area (Å²) in [4.78, 5) is 0. The van der Waals surface area contributed by atoms with E-state index in [0.717, 1.165) is 0 Å². The summed E-state index contributed by atoms with van der Waals surface area (Å²) in [5.41, 5.74) is 1.21. The van der Waals surface area contributed by atoms with Gasteiger partial charge in [-0.15, -0.1) is 0 Å². The fourth-order valence-electron chi connectivity index (χ4n) is 2.89. The van der Waals surface area contributed by atoms with E-state index in [0.29, 0.717) is 16.9 Å². The fraction of sp³-hybridized carbons (Fsp3) is 0.100. The summed E-state index contributed by atoms with van der Waals surface area (Å²) in [6.45, 7) is 0. The summed E-state index contributed by atoms with van der Waals surface area (Å²) < 4.78 is 47.3. The maximum Gasteiger partial charge on any atom is 0.446 e. The van der Waals surface area contributed by atoms with Gasteiger partial charge in [0.05, 0.1) is 19.8 Å². The third-order valence-electron chi connectivity index (χ3n) is 4.18. The molecule has 3 N–H and O–H groups in total. The van der Waals surface area contributed by atoms with E-state index >= 15 is 0 Å². The van der Waals surface area contributed by atoms with E-state index in [-0.39, 0.29) is 34.1 Å². The van der Waals surface area contributed by atoms with Crippen LogP contribution in [0.3, 0.4) is 0 Å². The van der Waals surface area contributed by atoms with Crippen LogP contribution in [0.4, 0.5) is 0 Å². The molecule has 0 unspecified atom stereocenters. The van der Waals surface area contributed by atoms with Crippen molar-refractivity contribution in [2.75, 3.05) is 14.2 Å². The summed E-state index contributed by atoms with van der Waals surface area (Å²) in [5, 5.41) is 20.3. The Morgan fingerprint density at radius 3 is 1.93 bits per heavy atom. The van der Waals surface area contributed by atoms with Crippen molar-refractivity contribution < 1.29 is 36.8 Å². The van der Waals surface area contributed by atoms with Gasteiger partial charge in [0, 0.05) is 5.56 Å². The smallest absolute Gasteiger partial charge is 0.446 e. The third kappa shape index (κ3) is 4.36. The topological polar surface area (TPSA) is 123 Å². The van der Waals surface area contributed by atoms with Gasteiger partial charge in [-0.25, -0.2) is 0 Å². The Bertz CT molecular complexity index is 1120. The molecule has 0 aliphatic rings. The summed E-state index contributed by atoms with van der Waals surface area (Å²) in [7, 11) is -2.06. The Morgan fingerprint density at radius 2 is 1.41 bits per heavy atom. The standard InChI is InChI=1S/C20H18O8S/c1-26-15-9-5-12(6-10-15)16-11-17(28-29(23,24)25)18(20(27-2)19(16)22)13-3-7-14(21)8-4-13/h3-11,21-22H,1-2H3,(H,23,24,25). The molecule has 0 radical (unpaired) electrons. The van der Waals surface area contributed by atoms with E-state index < -0.39 is 10.4 Å². The number of phenolic OH excluding ortho intramolecular Hbond substituents is 2. The van der Waals surface area contributed by atoms with Gasteiger partial charge in [-0.05, 0) is 41.5 Å². The van der Waals surface area contributed by atoms with Gasteiger partial charge < -0.3 is 23.9 Å². The molecule has 3 aromatic carbocycles. The number of methoxy groups -OCH3 is 2. The van der Waals surface area contributed by atoms with Gasteiger partial charge in [0.15, 0.2) is 17.2 Å². The van der Waals surface area contributed by atoms with Crippen LogP contribution in [0.1, 0.15) is 0 Å². The lowest BCUT2D eigenvalue weighted by Gasteiger charge is -2.18. The molecule has 3 aromatic rings. The van der Waals surface area contributed by atoms with Crippen molar-refractivity contribution in [1.82, 2.24) is 0 Å². The van der Waals surface area contributed by atoms with Gasteiger partial charge in [0.2, 0.25) is 0 Å². The Kier molecular flexibility index (Phi) is 5.53. The van der Waals surface area contributed by atoms with E-state index in [4.69, 9.17) is 13.7 Å². The fourth-order valence-corrected chi connectivity index (χ4v) is 3.25. The van der Waals surface area contributed by atoms with Crippen molar-refractivity contribution >= 4 is 10.4 Å². The number of aromatic hydroxyl groups is 2. The van der Waals surface area contributed by atoms with Gasteiger partial charge in [0.1, 0.15) is 11.5 Å². The minimum Gasteiger partial charge on any atom is -0.508 e. The molecule has 0 bridgehead atoms. The molecule has 9 heteroatoms. The minimum atomic E-state index is -4.87. The number of benzene rings is 3. The normalized spacial score (nSPS) is 11.1. The molecule has 0 atom stereocenters. The van der Waals surface area contributed by atoms with Crippen LogP contribution in [0.2, 0.25) is 0 Å². The Hall–Kier alpha value is -3.43. The minimum absolute atomic E-state index is 0.0101. The maximum atomic E-state index is 11.4. The molecular weight excluding hydrogens is 400 g/mol. The summed E-state index contributed by atoms with van der Waals surface area (Å²) in [5.74, 6) is -0.0101. The number of hydrogen-bond donors (Lipinski definition) is 3. The van der Waals surface area contributed by atoms with Crippen molar-refractivity contribution in [2.24, 2.45) is 0 Å². The molecule has 29 heavy (non-hydrogen) atoms. The van der Waals surface area contributed by atoms with Crippen LogP contribution in [0.25, 0.3) is 22.3 Å². The van der Waals surface area contributed by atoms with E-state index in [2.05, 4.69) is 0 Å². The van der Waals surface area contributed by atoms with Crippen LogP contribution in [0.5, 0.6) is 28.7 Å². The first-order valence-electron chi connectivity index (χ1n) is 8.28. The highest BCUT2D eigenvalue weighted by molar-refractivity contribution is 7.81. The van der Waals surface area contributed by atoms with Gasteiger partial charge in [-0.3, -0.25) is 4.55 Å². The second-order valence-electron chi connectivity index (χ2n) is 5.97. The van der Waals surface area contributed by atoms with E-state index in [1.807, 2.05) is 0 Å². The summed E-state index contributed by atoms with van der Waals surface area (Å²) in [6, 6.07) is 13.6. The lowest BCUT2D eigenvalue weighted by atomic mass is 9.96. The van der Waals surface area contributed by atoms with Gasteiger partial charge in [-0.2, -0.15) is 8.42 Å². The molecule has 0 fully saturated rings. The predicted octanol–water partition coefficient (Wildman–Crippen LogP) is 3.63. The number of hydrogen-bond acceptors (Lipinski definition) is 7. The zero-order chi connectivity index (χ0) is 21.2. The number of phenols is 2. The zero-order valence-electron chi connectivity index (χ0n) is 15.5. The average Bonchev–Trinajstić information content (AvgIpc) is 2.68. The maximum absolute atomic E-state index is 11.4. The van der Waals surface area contributed by atoms with Crippen molar-refractivity contribution in [2.45, 2.75) is 0 Å². The molecule has 0 aliphatic carbocycles. The molecule has 0 amide bonds. The van der Waals surface area contributed by atoms with Crippen molar-refractivity contribution in [3.05, 3.63) is 54.6 Å². The van der Waals surface area contributed by atoms with Crippen LogP contribution in [0, 0.1) is 0 Å². The highest BCUT2D eigenvalue weighted by Gasteiger charge is 2.24. The molecule has 8 nitrogen and oxygen atoms in total. The predicted molar refractivity (Wildman–Crippen MR) is 106 cm³/mol. The monoisotopic (exact) mass is 418 g/mol. The molecule has 0 heterocycles. The average molecular weight is 418 g/mol. The molecule has 152 valence electrons. The van der Waals surface area contributed by atoms with Crippen LogP contribution in [-0.4, -0.2) is 37.4 Å². The first kappa shape index (κ1) is 20.3. The Morgan fingerprint density at radius 1 is 0.828 bits per heavy atom. The van der Waals surface area contributed by atoms with E-state index in [1.54, 1.807) is 24.3 Å². The van der Waals surface area contributed by atoms with Gasteiger partial charge in [0.25, 0.3) is 0 Å². The van der Waals surface area contributed by atoms with E-state index in [1.165, 1.54) is 44.6 Å². The summed E-state index contributed by atoms with van der Waals surface area (Å²) in [6.07, 6.45) is 0. The van der Waals surface area contributed by atoms with Crippen molar-refractivity contribution in [3.8, 4) is 51.0 Å². The largest absolute Gasteiger partial charge is 0.508 e. The second kappa shape index (κ2) is 7.90. The first-order valence-corrected chi connectivity index (χ1v) is 9.64.